The number of ether oxygens (including phenoxy) is 1. The summed E-state index contributed by atoms with van der Waals surface area (Å²) in [5.41, 5.74) is 2.24. The molecule has 2 heterocycles. The number of nitrogens with one attached hydrogen (secondary N) is 1. The molecule has 0 bridgehead atoms. The van der Waals surface area contributed by atoms with Crippen molar-refractivity contribution >= 4 is 5.91 Å². The van der Waals surface area contributed by atoms with Gasteiger partial charge >= 0.3 is 0 Å². The fourth-order valence-corrected chi connectivity index (χ4v) is 2.65. The third kappa shape index (κ3) is 3.64. The van der Waals surface area contributed by atoms with Gasteiger partial charge in [0, 0.05) is 18.4 Å². The lowest BCUT2D eigenvalue weighted by Gasteiger charge is -2.25. The average molecular weight is 296 g/mol. The summed E-state index contributed by atoms with van der Waals surface area (Å²) in [7, 11) is 0. The molecule has 1 aromatic carbocycles. The van der Waals surface area contributed by atoms with E-state index in [1.165, 1.54) is 5.56 Å². The van der Waals surface area contributed by atoms with Gasteiger partial charge in [-0.15, -0.1) is 0 Å². The first-order chi connectivity index (χ1) is 10.8. The zero-order valence-corrected chi connectivity index (χ0v) is 12.5. The third-order valence-electron chi connectivity index (χ3n) is 3.85. The van der Waals surface area contributed by atoms with Gasteiger partial charge in [-0.05, 0) is 49.4 Å². The van der Waals surface area contributed by atoms with Crippen molar-refractivity contribution in [3.8, 4) is 5.75 Å². The lowest BCUT2D eigenvalue weighted by atomic mass is 10.0. The van der Waals surface area contributed by atoms with Crippen molar-refractivity contribution in [2.45, 2.75) is 31.8 Å². The number of hydrogen-bond donors (Lipinski definition) is 1. The highest BCUT2D eigenvalue weighted by molar-refractivity contribution is 5.81. The van der Waals surface area contributed by atoms with Crippen LogP contribution in [0.15, 0.2) is 48.7 Å². The first kappa shape index (κ1) is 14.6. The number of hydrogen-bond acceptors (Lipinski definition) is 3. The molecule has 1 aliphatic rings. The van der Waals surface area contributed by atoms with Gasteiger partial charge in [0.1, 0.15) is 5.75 Å². The summed E-state index contributed by atoms with van der Waals surface area (Å²) in [6.45, 7) is 0.650. The number of carbonyl (C=O) groups is 1. The molecule has 3 rings (SSSR count). The molecule has 1 aliphatic heterocycles. The molecular formula is C18H20N2O2. The Labute approximate surface area is 130 Å². The van der Waals surface area contributed by atoms with E-state index in [1.807, 2.05) is 36.4 Å². The van der Waals surface area contributed by atoms with Gasteiger partial charge in [-0.2, -0.15) is 0 Å². The Balaban J connectivity index is 1.43. The average Bonchev–Trinajstić information content (AvgIpc) is 2.59. The quantitative estimate of drug-likeness (QED) is 0.863. The van der Waals surface area contributed by atoms with Crippen LogP contribution in [0.1, 0.15) is 24.1 Å². The Morgan fingerprint density at radius 2 is 2.09 bits per heavy atom. The molecule has 114 valence electrons. The summed E-state index contributed by atoms with van der Waals surface area (Å²) >= 11 is 0. The highest BCUT2D eigenvalue weighted by atomic mass is 16.5. The number of aryl methyl sites for hydroxylation is 2. The number of pyridine rings is 1. The monoisotopic (exact) mass is 296 g/mol. The minimum absolute atomic E-state index is 0.0180. The van der Waals surface area contributed by atoms with Gasteiger partial charge in [-0.25, -0.2) is 0 Å². The molecular weight excluding hydrogens is 276 g/mol. The highest BCUT2D eigenvalue weighted by Crippen LogP contribution is 2.26. The number of amides is 1. The molecule has 1 amide bonds. The van der Waals surface area contributed by atoms with Crippen molar-refractivity contribution in [2.24, 2.45) is 0 Å². The third-order valence-corrected chi connectivity index (χ3v) is 3.85. The predicted octanol–water partition coefficient (Wildman–Crippen LogP) is 2.52. The van der Waals surface area contributed by atoms with Crippen molar-refractivity contribution in [1.82, 2.24) is 10.3 Å². The summed E-state index contributed by atoms with van der Waals surface area (Å²) in [4.78, 5) is 16.4. The predicted molar refractivity (Wildman–Crippen MR) is 84.7 cm³/mol. The van der Waals surface area contributed by atoms with Gasteiger partial charge in [0.15, 0.2) is 6.10 Å². The molecule has 0 saturated heterocycles. The number of rotatable bonds is 5. The fourth-order valence-electron chi connectivity index (χ4n) is 2.65. The van der Waals surface area contributed by atoms with E-state index in [-0.39, 0.29) is 12.0 Å². The standard InChI is InChI=1S/C18H20N2O2/c21-18(20-13-5-8-15-7-3-4-12-19-15)17-11-10-14-6-1-2-9-16(14)22-17/h1-4,6-7,9,12,17H,5,8,10-11,13H2,(H,20,21). The van der Waals surface area contributed by atoms with E-state index in [0.29, 0.717) is 6.54 Å². The van der Waals surface area contributed by atoms with Gasteiger partial charge in [-0.1, -0.05) is 24.3 Å². The van der Waals surface area contributed by atoms with Crippen LogP contribution in [0.25, 0.3) is 0 Å². The summed E-state index contributed by atoms with van der Waals surface area (Å²) < 4.78 is 5.78. The summed E-state index contributed by atoms with van der Waals surface area (Å²) in [6, 6.07) is 13.8. The number of benzene rings is 1. The zero-order valence-electron chi connectivity index (χ0n) is 12.5. The highest BCUT2D eigenvalue weighted by Gasteiger charge is 2.25. The van der Waals surface area contributed by atoms with Crippen molar-refractivity contribution in [3.05, 3.63) is 59.9 Å². The van der Waals surface area contributed by atoms with E-state index in [0.717, 1.165) is 37.1 Å². The molecule has 1 atom stereocenters. The van der Waals surface area contributed by atoms with Gasteiger partial charge in [0.2, 0.25) is 0 Å². The summed E-state index contributed by atoms with van der Waals surface area (Å²) in [6.07, 6.45) is 4.80. The Morgan fingerprint density at radius 3 is 2.95 bits per heavy atom. The Kier molecular flexibility index (Phi) is 4.68. The van der Waals surface area contributed by atoms with Crippen LogP contribution in [0.2, 0.25) is 0 Å². The maximum atomic E-state index is 12.2. The van der Waals surface area contributed by atoms with Crippen LogP contribution >= 0.6 is 0 Å². The smallest absolute Gasteiger partial charge is 0.261 e. The van der Waals surface area contributed by atoms with Crippen molar-refractivity contribution in [3.63, 3.8) is 0 Å². The van der Waals surface area contributed by atoms with Crippen LogP contribution in [0.4, 0.5) is 0 Å². The molecule has 1 N–H and O–H groups in total. The van der Waals surface area contributed by atoms with E-state index >= 15 is 0 Å². The molecule has 22 heavy (non-hydrogen) atoms. The van der Waals surface area contributed by atoms with Crippen molar-refractivity contribution in [2.75, 3.05) is 6.54 Å². The number of para-hydroxylation sites is 1. The zero-order chi connectivity index (χ0) is 15.2. The van der Waals surface area contributed by atoms with Crippen LogP contribution in [0.3, 0.4) is 0 Å². The molecule has 2 aromatic rings. The van der Waals surface area contributed by atoms with Crippen LogP contribution in [-0.2, 0) is 17.6 Å². The maximum absolute atomic E-state index is 12.2. The molecule has 1 aromatic heterocycles. The molecule has 4 heteroatoms. The van der Waals surface area contributed by atoms with Crippen LogP contribution in [-0.4, -0.2) is 23.5 Å². The molecule has 0 spiro atoms. The maximum Gasteiger partial charge on any atom is 0.261 e. The van der Waals surface area contributed by atoms with E-state index in [9.17, 15) is 4.79 Å². The molecule has 1 unspecified atom stereocenters. The van der Waals surface area contributed by atoms with E-state index in [2.05, 4.69) is 16.4 Å². The molecule has 0 radical (unpaired) electrons. The second-order valence-electron chi connectivity index (χ2n) is 5.47. The van der Waals surface area contributed by atoms with E-state index in [4.69, 9.17) is 4.74 Å². The number of fused-ring (bicyclic) bond motifs is 1. The Morgan fingerprint density at radius 1 is 1.23 bits per heavy atom. The normalized spacial score (nSPS) is 16.5. The van der Waals surface area contributed by atoms with Gasteiger partial charge < -0.3 is 10.1 Å². The minimum Gasteiger partial charge on any atom is -0.480 e. The number of carbonyl (C=O) groups excluding carboxylic acids is 1. The molecule has 4 nitrogen and oxygen atoms in total. The lowest BCUT2D eigenvalue weighted by molar-refractivity contribution is -0.128. The Bertz CT molecular complexity index is 628. The molecule has 0 fully saturated rings. The van der Waals surface area contributed by atoms with Crippen LogP contribution in [0, 0.1) is 0 Å². The SMILES string of the molecule is O=C(NCCCc1ccccn1)C1CCc2ccccc2O1. The molecule has 0 saturated carbocycles. The fraction of sp³-hybridized carbons (Fsp3) is 0.333. The lowest BCUT2D eigenvalue weighted by Crippen LogP contribution is -2.40. The largest absolute Gasteiger partial charge is 0.480 e. The van der Waals surface area contributed by atoms with Gasteiger partial charge in [-0.3, -0.25) is 9.78 Å². The molecule has 0 aliphatic carbocycles. The second-order valence-corrected chi connectivity index (χ2v) is 5.47. The first-order valence-electron chi connectivity index (χ1n) is 7.75. The second kappa shape index (κ2) is 7.07. The summed E-state index contributed by atoms with van der Waals surface area (Å²) in [5.74, 6) is 0.818. The van der Waals surface area contributed by atoms with Crippen LogP contribution in [0.5, 0.6) is 5.75 Å². The van der Waals surface area contributed by atoms with Crippen molar-refractivity contribution < 1.29 is 9.53 Å². The van der Waals surface area contributed by atoms with Crippen LogP contribution < -0.4 is 10.1 Å². The minimum atomic E-state index is -0.371. The first-order valence-corrected chi connectivity index (χ1v) is 7.75. The van der Waals surface area contributed by atoms with E-state index < -0.39 is 0 Å². The summed E-state index contributed by atoms with van der Waals surface area (Å²) in [5, 5.41) is 2.96. The van der Waals surface area contributed by atoms with E-state index in [1.54, 1.807) is 6.20 Å². The van der Waals surface area contributed by atoms with Gasteiger partial charge in [0.05, 0.1) is 0 Å². The Hall–Kier alpha value is -2.36. The van der Waals surface area contributed by atoms with Crippen molar-refractivity contribution in [1.29, 1.82) is 0 Å². The topological polar surface area (TPSA) is 51.2 Å². The number of nitrogens with zero attached hydrogens (tertiary/aromatic N) is 1. The number of aromatic nitrogens is 1. The van der Waals surface area contributed by atoms with Gasteiger partial charge in [0.25, 0.3) is 5.91 Å².